The number of anilines is 1. The number of hydrogen-bond donors (Lipinski definition) is 2. The number of nitrogens with zero attached hydrogens (tertiary/aromatic N) is 2. The van der Waals surface area contributed by atoms with Gasteiger partial charge in [-0.2, -0.15) is 0 Å². The van der Waals surface area contributed by atoms with E-state index in [2.05, 4.69) is 10.3 Å². The molecule has 3 N–H and O–H groups in total. The van der Waals surface area contributed by atoms with Crippen LogP contribution in [0.5, 0.6) is 5.75 Å². The first-order valence-corrected chi connectivity index (χ1v) is 12.4. The maximum absolute atomic E-state index is 13.6. The number of hydrogen-bond acceptors (Lipinski definition) is 8. The normalized spacial score (nSPS) is 11.1. The average Bonchev–Trinajstić information content (AvgIpc) is 3.57. The second kappa shape index (κ2) is 10.9. The van der Waals surface area contributed by atoms with Gasteiger partial charge in [0.05, 0.1) is 10.6 Å². The lowest BCUT2D eigenvalue weighted by Crippen LogP contribution is -2.16. The number of nitro groups is 1. The van der Waals surface area contributed by atoms with Crippen molar-refractivity contribution in [2.24, 2.45) is 5.73 Å². The van der Waals surface area contributed by atoms with E-state index in [0.29, 0.717) is 16.9 Å². The quantitative estimate of drug-likeness (QED) is 0.157. The van der Waals surface area contributed by atoms with Crippen LogP contribution in [-0.4, -0.2) is 21.7 Å². The van der Waals surface area contributed by atoms with E-state index in [1.54, 1.807) is 30.3 Å². The van der Waals surface area contributed by atoms with Gasteiger partial charge in [-0.3, -0.25) is 19.7 Å². The average molecular weight is 565 g/mol. The summed E-state index contributed by atoms with van der Waals surface area (Å²) in [6.07, 6.45) is -2.86. The van der Waals surface area contributed by atoms with Crippen LogP contribution < -0.4 is 15.8 Å². The molecule has 0 bridgehead atoms. The number of nitrogens with one attached hydrogen (secondary N) is 1. The number of nitro benzene ring substituents is 1. The maximum atomic E-state index is 13.6. The smallest absolute Gasteiger partial charge is 0.291 e. The molecular weight excluding hydrogens is 546 g/mol. The van der Waals surface area contributed by atoms with Crippen molar-refractivity contribution >= 4 is 44.7 Å². The van der Waals surface area contributed by atoms with Crippen molar-refractivity contribution in [1.82, 2.24) is 4.98 Å². The third-order valence-electron chi connectivity index (χ3n) is 5.77. The van der Waals surface area contributed by atoms with E-state index in [1.165, 1.54) is 42.5 Å². The van der Waals surface area contributed by atoms with Gasteiger partial charge in [0, 0.05) is 17.5 Å². The maximum Gasteiger partial charge on any atom is 0.291 e. The Morgan fingerprint density at radius 1 is 1.10 bits per heavy atom. The lowest BCUT2D eigenvalue weighted by molar-refractivity contribution is -0.384. The van der Waals surface area contributed by atoms with Crippen molar-refractivity contribution in [3.8, 4) is 16.9 Å². The number of carbonyl (C=O) groups excluding carboxylic acids is 2. The Labute approximate surface area is 228 Å². The van der Waals surface area contributed by atoms with Crippen molar-refractivity contribution in [1.29, 1.82) is 0 Å². The van der Waals surface area contributed by atoms with Gasteiger partial charge in [0.15, 0.2) is 5.76 Å². The van der Waals surface area contributed by atoms with Gasteiger partial charge in [-0.25, -0.2) is 13.8 Å². The molecule has 0 saturated heterocycles. The number of benzene rings is 2. The standard InChI is InChI=1S/C27H18F2N4O6S/c28-24(29)19-12-18(14-4-2-1-3-5-14)21-22(23(25(30)34)40-27(21)31-19)32-26(35)20-11-10-17(39-20)13-38-16-8-6-15(7-9-16)33(36)37/h1-12,24H,13H2,(H2,30,34)(H,32,35). The van der Waals surface area contributed by atoms with Crippen molar-refractivity contribution < 1.29 is 32.4 Å². The number of carbonyl (C=O) groups is 2. The molecule has 13 heteroatoms. The third-order valence-corrected chi connectivity index (χ3v) is 6.86. The summed E-state index contributed by atoms with van der Waals surface area (Å²) in [7, 11) is 0. The molecule has 2 aromatic carbocycles. The predicted molar refractivity (Wildman–Crippen MR) is 143 cm³/mol. The van der Waals surface area contributed by atoms with Crippen LogP contribution in [0.3, 0.4) is 0 Å². The van der Waals surface area contributed by atoms with Crippen LogP contribution in [0.4, 0.5) is 20.2 Å². The molecule has 0 unspecified atom stereocenters. The minimum absolute atomic E-state index is 0.0322. The van der Waals surface area contributed by atoms with Gasteiger partial charge in [-0.15, -0.1) is 11.3 Å². The third kappa shape index (κ3) is 5.35. The zero-order valence-corrected chi connectivity index (χ0v) is 21.1. The molecular formula is C27H18F2N4O6S. The number of alkyl halides is 2. The molecule has 0 atom stereocenters. The number of non-ortho nitro benzene ring substituents is 1. The number of nitrogens with two attached hydrogens (primary N) is 1. The zero-order valence-electron chi connectivity index (χ0n) is 20.3. The first kappa shape index (κ1) is 26.4. The fourth-order valence-corrected chi connectivity index (χ4v) is 4.95. The topological polar surface area (TPSA) is 151 Å². The number of rotatable bonds is 9. The number of fused-ring (bicyclic) bond motifs is 1. The van der Waals surface area contributed by atoms with Crippen molar-refractivity contribution in [2.45, 2.75) is 13.0 Å². The summed E-state index contributed by atoms with van der Waals surface area (Å²) in [6.45, 7) is -0.0719. The minimum Gasteiger partial charge on any atom is -0.486 e. The van der Waals surface area contributed by atoms with Crippen LogP contribution in [-0.2, 0) is 6.61 Å². The predicted octanol–water partition coefficient (Wildman–Crippen LogP) is 6.33. The molecule has 5 aromatic rings. The highest BCUT2D eigenvalue weighted by molar-refractivity contribution is 7.21. The first-order chi connectivity index (χ1) is 19.2. The Bertz CT molecular complexity index is 1740. The Morgan fingerprint density at radius 2 is 1.82 bits per heavy atom. The number of amides is 2. The Morgan fingerprint density at radius 3 is 2.48 bits per heavy atom. The van der Waals surface area contributed by atoms with Gasteiger partial charge in [0.1, 0.15) is 33.5 Å². The summed E-state index contributed by atoms with van der Waals surface area (Å²) in [5.74, 6) is -1.07. The van der Waals surface area contributed by atoms with Crippen LogP contribution in [0, 0.1) is 10.1 Å². The number of halogens is 2. The summed E-state index contributed by atoms with van der Waals surface area (Å²) in [6, 6.07) is 18.2. The van der Waals surface area contributed by atoms with E-state index >= 15 is 0 Å². The molecule has 0 radical (unpaired) electrons. The highest BCUT2D eigenvalue weighted by Crippen LogP contribution is 2.42. The van der Waals surface area contributed by atoms with Crippen molar-refractivity contribution in [2.75, 3.05) is 5.32 Å². The van der Waals surface area contributed by atoms with E-state index in [0.717, 1.165) is 11.3 Å². The van der Waals surface area contributed by atoms with Gasteiger partial charge in [0.2, 0.25) is 0 Å². The van der Waals surface area contributed by atoms with Gasteiger partial charge < -0.3 is 20.2 Å². The number of aromatic nitrogens is 1. The Hall–Kier alpha value is -5.17. The molecule has 10 nitrogen and oxygen atoms in total. The first-order valence-electron chi connectivity index (χ1n) is 11.6. The van der Waals surface area contributed by atoms with Gasteiger partial charge in [-0.05, 0) is 41.5 Å². The number of thiophene rings is 1. The van der Waals surface area contributed by atoms with Crippen LogP contribution >= 0.6 is 11.3 Å². The molecule has 0 aliphatic heterocycles. The SMILES string of the molecule is NC(=O)c1sc2nc(C(F)F)cc(-c3ccccc3)c2c1NC(=O)c1ccc(COc2ccc([N+](=O)[O-])cc2)o1. The second-order valence-corrected chi connectivity index (χ2v) is 9.37. The fraction of sp³-hybridized carbons (Fsp3) is 0.0741. The zero-order chi connectivity index (χ0) is 28.4. The van der Waals surface area contributed by atoms with Crippen LogP contribution in [0.1, 0.15) is 38.1 Å². The monoisotopic (exact) mass is 564 g/mol. The number of furan rings is 1. The Balaban J connectivity index is 1.44. The lowest BCUT2D eigenvalue weighted by atomic mass is 10.0. The summed E-state index contributed by atoms with van der Waals surface area (Å²) in [5.41, 5.74) is 5.95. The molecule has 3 heterocycles. The second-order valence-electron chi connectivity index (χ2n) is 8.37. The molecule has 40 heavy (non-hydrogen) atoms. The fourth-order valence-electron chi connectivity index (χ4n) is 3.94. The molecule has 5 rings (SSSR count). The molecule has 0 aliphatic rings. The summed E-state index contributed by atoms with van der Waals surface area (Å²) in [4.78, 5) is 39.7. The molecule has 0 spiro atoms. The summed E-state index contributed by atoms with van der Waals surface area (Å²) >= 11 is 0.797. The van der Waals surface area contributed by atoms with Crippen molar-refractivity contribution in [3.05, 3.63) is 105 Å². The van der Waals surface area contributed by atoms with E-state index in [1.807, 2.05) is 0 Å². The van der Waals surface area contributed by atoms with Gasteiger partial charge in [-0.1, -0.05) is 30.3 Å². The van der Waals surface area contributed by atoms with Gasteiger partial charge >= 0.3 is 0 Å². The number of primary amides is 1. The molecule has 0 aliphatic carbocycles. The largest absolute Gasteiger partial charge is 0.486 e. The van der Waals surface area contributed by atoms with Crippen LogP contribution in [0.2, 0.25) is 0 Å². The number of ether oxygens (including phenoxy) is 1. The highest BCUT2D eigenvalue weighted by atomic mass is 32.1. The van der Waals surface area contributed by atoms with E-state index in [4.69, 9.17) is 14.9 Å². The van der Waals surface area contributed by atoms with Gasteiger partial charge in [0.25, 0.3) is 23.9 Å². The lowest BCUT2D eigenvalue weighted by Gasteiger charge is -2.10. The molecule has 202 valence electrons. The van der Waals surface area contributed by atoms with Crippen LogP contribution in [0.15, 0.2) is 77.2 Å². The van der Waals surface area contributed by atoms with E-state index in [9.17, 15) is 28.5 Å². The summed E-state index contributed by atoms with van der Waals surface area (Å²) in [5, 5.41) is 13.7. The number of pyridine rings is 1. The highest BCUT2D eigenvalue weighted by Gasteiger charge is 2.26. The van der Waals surface area contributed by atoms with Crippen LogP contribution in [0.25, 0.3) is 21.3 Å². The minimum atomic E-state index is -2.86. The molecule has 3 aromatic heterocycles. The molecule has 0 fully saturated rings. The van der Waals surface area contributed by atoms with Crippen molar-refractivity contribution in [3.63, 3.8) is 0 Å². The Kier molecular flexibility index (Phi) is 7.21. The van der Waals surface area contributed by atoms with E-state index in [-0.39, 0.29) is 44.6 Å². The van der Waals surface area contributed by atoms with E-state index < -0.39 is 28.9 Å². The summed E-state index contributed by atoms with van der Waals surface area (Å²) < 4.78 is 38.4. The molecule has 0 saturated carbocycles. The molecule has 2 amide bonds.